The Labute approximate surface area is 126 Å². The second kappa shape index (κ2) is 5.94. The van der Waals surface area contributed by atoms with E-state index in [1.54, 1.807) is 23.9 Å². The monoisotopic (exact) mass is 302 g/mol. The van der Waals surface area contributed by atoms with Crippen LogP contribution >= 0.6 is 23.5 Å². The maximum atomic E-state index is 11.2. The fourth-order valence-electron chi connectivity index (χ4n) is 2.30. The lowest BCUT2D eigenvalue weighted by Gasteiger charge is -2.09. The van der Waals surface area contributed by atoms with Crippen molar-refractivity contribution in [2.75, 3.05) is 5.75 Å². The third kappa shape index (κ3) is 2.86. The van der Waals surface area contributed by atoms with Gasteiger partial charge < -0.3 is 5.11 Å². The molecule has 0 aromatic heterocycles. The predicted molar refractivity (Wildman–Crippen MR) is 83.9 cm³/mol. The third-order valence-electron chi connectivity index (χ3n) is 3.26. The van der Waals surface area contributed by atoms with E-state index in [0.29, 0.717) is 10.8 Å². The molecule has 0 bridgehead atoms. The van der Waals surface area contributed by atoms with Crippen molar-refractivity contribution in [2.24, 2.45) is 0 Å². The van der Waals surface area contributed by atoms with Crippen molar-refractivity contribution in [2.45, 2.75) is 21.5 Å². The molecule has 4 heteroatoms. The van der Waals surface area contributed by atoms with Crippen molar-refractivity contribution in [1.82, 2.24) is 0 Å². The average molecular weight is 302 g/mol. The molecule has 1 aliphatic rings. The SMILES string of the molecule is O=C(O)c1ccccc1SCC1Cc2ccccc2S1. The highest BCUT2D eigenvalue weighted by Gasteiger charge is 2.22. The number of benzene rings is 2. The number of carboxylic acid groups (broad SMARTS) is 1. The molecular weight excluding hydrogens is 288 g/mol. The summed E-state index contributed by atoms with van der Waals surface area (Å²) in [4.78, 5) is 13.4. The van der Waals surface area contributed by atoms with Crippen LogP contribution in [0.25, 0.3) is 0 Å². The van der Waals surface area contributed by atoms with Crippen molar-refractivity contribution < 1.29 is 9.90 Å². The van der Waals surface area contributed by atoms with Gasteiger partial charge in [-0.2, -0.15) is 0 Å². The van der Waals surface area contributed by atoms with E-state index < -0.39 is 5.97 Å². The first-order chi connectivity index (χ1) is 9.74. The molecule has 1 aliphatic heterocycles. The van der Waals surface area contributed by atoms with Gasteiger partial charge in [-0.25, -0.2) is 4.79 Å². The lowest BCUT2D eigenvalue weighted by atomic mass is 10.1. The average Bonchev–Trinajstić information content (AvgIpc) is 2.88. The van der Waals surface area contributed by atoms with Gasteiger partial charge in [0.15, 0.2) is 0 Å². The Morgan fingerprint density at radius 2 is 1.95 bits per heavy atom. The molecule has 0 spiro atoms. The molecule has 1 atom stereocenters. The Balaban J connectivity index is 1.66. The summed E-state index contributed by atoms with van der Waals surface area (Å²) in [6.07, 6.45) is 1.07. The normalized spacial score (nSPS) is 16.9. The Hall–Kier alpha value is -1.39. The van der Waals surface area contributed by atoms with Crippen LogP contribution in [0, 0.1) is 0 Å². The number of fused-ring (bicyclic) bond motifs is 1. The summed E-state index contributed by atoms with van der Waals surface area (Å²) in [5.74, 6) is 0.0827. The van der Waals surface area contributed by atoms with E-state index in [2.05, 4.69) is 24.3 Å². The number of thioether (sulfide) groups is 2. The minimum Gasteiger partial charge on any atom is -0.478 e. The molecule has 1 unspecified atom stereocenters. The Kier molecular flexibility index (Phi) is 4.03. The molecule has 3 rings (SSSR count). The number of hydrogen-bond acceptors (Lipinski definition) is 3. The van der Waals surface area contributed by atoms with E-state index in [1.165, 1.54) is 10.5 Å². The summed E-state index contributed by atoms with van der Waals surface area (Å²) < 4.78 is 0. The molecule has 20 heavy (non-hydrogen) atoms. The zero-order chi connectivity index (χ0) is 13.9. The van der Waals surface area contributed by atoms with Gasteiger partial charge in [-0.1, -0.05) is 30.3 Å². The van der Waals surface area contributed by atoms with Gasteiger partial charge in [0.05, 0.1) is 5.56 Å². The van der Waals surface area contributed by atoms with Gasteiger partial charge in [-0.05, 0) is 30.2 Å². The van der Waals surface area contributed by atoms with E-state index in [0.717, 1.165) is 17.1 Å². The van der Waals surface area contributed by atoms with E-state index in [9.17, 15) is 9.90 Å². The van der Waals surface area contributed by atoms with E-state index in [1.807, 2.05) is 23.9 Å². The van der Waals surface area contributed by atoms with Crippen molar-refractivity contribution in [3.05, 3.63) is 59.7 Å². The number of aromatic carboxylic acids is 1. The molecule has 0 saturated carbocycles. The lowest BCUT2D eigenvalue weighted by Crippen LogP contribution is -2.05. The largest absolute Gasteiger partial charge is 0.478 e. The molecule has 0 radical (unpaired) electrons. The molecule has 2 nitrogen and oxygen atoms in total. The van der Waals surface area contributed by atoms with Crippen LogP contribution in [-0.2, 0) is 6.42 Å². The molecule has 2 aromatic rings. The molecule has 0 saturated heterocycles. The van der Waals surface area contributed by atoms with Crippen molar-refractivity contribution in [3.63, 3.8) is 0 Å². The van der Waals surface area contributed by atoms with Crippen molar-refractivity contribution in [3.8, 4) is 0 Å². The highest BCUT2D eigenvalue weighted by atomic mass is 32.2. The van der Waals surface area contributed by atoms with Crippen LogP contribution in [-0.4, -0.2) is 22.1 Å². The topological polar surface area (TPSA) is 37.3 Å². The molecule has 0 fully saturated rings. The Morgan fingerprint density at radius 1 is 1.20 bits per heavy atom. The van der Waals surface area contributed by atoms with E-state index in [-0.39, 0.29) is 0 Å². The van der Waals surface area contributed by atoms with Gasteiger partial charge in [-0.3, -0.25) is 0 Å². The minimum atomic E-state index is -0.851. The van der Waals surface area contributed by atoms with Gasteiger partial charge in [-0.15, -0.1) is 23.5 Å². The zero-order valence-corrected chi connectivity index (χ0v) is 12.4. The molecule has 1 heterocycles. The highest BCUT2D eigenvalue weighted by Crippen LogP contribution is 2.39. The fourth-order valence-corrected chi connectivity index (χ4v) is 4.83. The molecular formula is C16H14O2S2. The van der Waals surface area contributed by atoms with Crippen LogP contribution in [0.5, 0.6) is 0 Å². The maximum Gasteiger partial charge on any atom is 0.336 e. The summed E-state index contributed by atoms with van der Waals surface area (Å²) in [5.41, 5.74) is 1.81. The van der Waals surface area contributed by atoms with Crippen LogP contribution in [0.4, 0.5) is 0 Å². The van der Waals surface area contributed by atoms with Crippen molar-refractivity contribution >= 4 is 29.5 Å². The van der Waals surface area contributed by atoms with E-state index >= 15 is 0 Å². The molecule has 1 N–H and O–H groups in total. The number of carbonyl (C=O) groups is 1. The van der Waals surface area contributed by atoms with Gasteiger partial charge in [0.2, 0.25) is 0 Å². The summed E-state index contributed by atoms with van der Waals surface area (Å²) in [5, 5.41) is 9.71. The quantitative estimate of drug-likeness (QED) is 0.859. The summed E-state index contributed by atoms with van der Waals surface area (Å²) in [7, 11) is 0. The van der Waals surface area contributed by atoms with Gasteiger partial charge in [0.25, 0.3) is 0 Å². The van der Waals surface area contributed by atoms with Gasteiger partial charge >= 0.3 is 5.97 Å². The first-order valence-electron chi connectivity index (χ1n) is 6.44. The van der Waals surface area contributed by atoms with Gasteiger partial charge in [0.1, 0.15) is 0 Å². The highest BCUT2D eigenvalue weighted by molar-refractivity contribution is 8.03. The molecule has 102 valence electrons. The Morgan fingerprint density at radius 3 is 2.75 bits per heavy atom. The van der Waals surface area contributed by atoms with Crippen LogP contribution in [0.15, 0.2) is 58.3 Å². The predicted octanol–water partition coefficient (Wildman–Crippen LogP) is 4.19. The summed E-state index contributed by atoms with van der Waals surface area (Å²) in [6.45, 7) is 0. The molecule has 0 amide bonds. The maximum absolute atomic E-state index is 11.2. The first kappa shape index (κ1) is 13.6. The fraction of sp³-hybridized carbons (Fsp3) is 0.188. The second-order valence-corrected chi connectivity index (χ2v) is 7.07. The Bertz CT molecular complexity index is 615. The molecule has 0 aliphatic carbocycles. The third-order valence-corrected chi connectivity index (χ3v) is 6.02. The number of carboxylic acids is 1. The minimum absolute atomic E-state index is 0.401. The lowest BCUT2D eigenvalue weighted by molar-refractivity contribution is 0.0693. The summed E-state index contributed by atoms with van der Waals surface area (Å²) >= 11 is 3.54. The molecule has 2 aromatic carbocycles. The number of hydrogen-bond donors (Lipinski definition) is 1. The van der Waals surface area contributed by atoms with Crippen LogP contribution in [0.1, 0.15) is 15.9 Å². The summed E-state index contributed by atoms with van der Waals surface area (Å²) in [6, 6.07) is 15.7. The van der Waals surface area contributed by atoms with Crippen LogP contribution < -0.4 is 0 Å². The van der Waals surface area contributed by atoms with Crippen LogP contribution in [0.2, 0.25) is 0 Å². The second-order valence-electron chi connectivity index (χ2n) is 4.66. The zero-order valence-electron chi connectivity index (χ0n) is 10.8. The van der Waals surface area contributed by atoms with Gasteiger partial charge in [0, 0.05) is 20.8 Å². The van der Waals surface area contributed by atoms with Crippen molar-refractivity contribution in [1.29, 1.82) is 0 Å². The number of rotatable bonds is 4. The standard InChI is InChI=1S/C16H14O2S2/c17-16(18)13-6-2-4-8-15(13)19-10-12-9-11-5-1-3-7-14(11)20-12/h1-8,12H,9-10H2,(H,17,18). The first-order valence-corrected chi connectivity index (χ1v) is 8.30. The smallest absolute Gasteiger partial charge is 0.336 e. The van der Waals surface area contributed by atoms with Crippen LogP contribution in [0.3, 0.4) is 0 Å². The van der Waals surface area contributed by atoms with E-state index in [4.69, 9.17) is 0 Å².